The van der Waals surface area contributed by atoms with Gasteiger partial charge < -0.3 is 5.73 Å². The number of halogens is 1. The number of rotatable bonds is 5. The van der Waals surface area contributed by atoms with Gasteiger partial charge in [-0.25, -0.2) is 17.5 Å². The van der Waals surface area contributed by atoms with Gasteiger partial charge in [-0.2, -0.15) is 0 Å². The largest absolute Gasteiger partial charge is 0.320 e. The van der Waals surface area contributed by atoms with Gasteiger partial charge in [-0.1, -0.05) is 11.8 Å². The highest BCUT2D eigenvalue weighted by molar-refractivity contribution is 7.89. The molecule has 0 amide bonds. The minimum atomic E-state index is -3.96. The Bertz CT molecular complexity index is 663. The third-order valence-corrected chi connectivity index (χ3v) is 4.51. The van der Waals surface area contributed by atoms with Crippen molar-refractivity contribution in [2.75, 3.05) is 25.1 Å². The summed E-state index contributed by atoms with van der Waals surface area (Å²) in [5, 5.41) is 0. The molecular weight excluding hydrogens is 303 g/mol. The molecule has 0 bridgehead atoms. The van der Waals surface area contributed by atoms with Crippen LogP contribution in [-0.2, 0) is 20.8 Å². The van der Waals surface area contributed by atoms with Gasteiger partial charge in [0.25, 0.3) is 0 Å². The molecule has 3 N–H and O–H groups in total. The van der Waals surface area contributed by atoms with E-state index in [-0.39, 0.29) is 18.8 Å². The van der Waals surface area contributed by atoms with Crippen molar-refractivity contribution in [3.63, 3.8) is 0 Å². The van der Waals surface area contributed by atoms with Gasteiger partial charge in [-0.15, -0.1) is 0 Å². The fourth-order valence-electron chi connectivity index (χ4n) is 1.35. The van der Waals surface area contributed by atoms with Gasteiger partial charge in [0.15, 0.2) is 0 Å². The summed E-state index contributed by atoms with van der Waals surface area (Å²) in [4.78, 5) is -0.460. The van der Waals surface area contributed by atoms with Crippen molar-refractivity contribution in [1.29, 1.82) is 0 Å². The fraction of sp³-hybridized carbons (Fsp3) is 0.333. The first-order chi connectivity index (χ1) is 9.36. The molecule has 0 radical (unpaired) electrons. The van der Waals surface area contributed by atoms with E-state index in [1.54, 1.807) is 0 Å². The molecule has 110 valence electrons. The normalized spacial score (nSPS) is 12.6. The van der Waals surface area contributed by atoms with Crippen LogP contribution >= 0.6 is 0 Å². The number of nitrogens with one attached hydrogen (secondary N) is 1. The minimum absolute atomic E-state index is 0.0143. The molecule has 0 aromatic heterocycles. The Labute approximate surface area is 120 Å². The lowest BCUT2D eigenvalue weighted by Crippen LogP contribution is -2.28. The number of benzene rings is 1. The Balaban J connectivity index is 2.93. The Morgan fingerprint density at radius 1 is 1.45 bits per heavy atom. The second-order valence-electron chi connectivity index (χ2n) is 3.83. The lowest BCUT2D eigenvalue weighted by Gasteiger charge is -2.07. The van der Waals surface area contributed by atoms with E-state index in [0.717, 1.165) is 12.1 Å². The van der Waals surface area contributed by atoms with Crippen molar-refractivity contribution in [3.05, 3.63) is 29.6 Å². The maximum atomic E-state index is 13.8. The summed E-state index contributed by atoms with van der Waals surface area (Å²) in [7, 11) is -5.08. The summed E-state index contributed by atoms with van der Waals surface area (Å²) < 4.78 is 50.5. The summed E-state index contributed by atoms with van der Waals surface area (Å²) >= 11 is 0. The molecule has 0 aliphatic heterocycles. The molecule has 1 aromatic carbocycles. The average molecular weight is 318 g/mol. The topological polar surface area (TPSA) is 89.3 Å². The zero-order valence-corrected chi connectivity index (χ0v) is 12.5. The van der Waals surface area contributed by atoms with Crippen molar-refractivity contribution in [1.82, 2.24) is 4.72 Å². The van der Waals surface area contributed by atoms with E-state index in [4.69, 9.17) is 5.73 Å². The lowest BCUT2D eigenvalue weighted by molar-refractivity contribution is 0.558. The second-order valence-corrected chi connectivity index (χ2v) is 7.12. The molecule has 0 aliphatic rings. The monoisotopic (exact) mass is 318 g/mol. The van der Waals surface area contributed by atoms with Crippen LogP contribution in [0.1, 0.15) is 5.56 Å². The van der Waals surface area contributed by atoms with Gasteiger partial charge in [-0.3, -0.25) is 4.21 Å². The van der Waals surface area contributed by atoms with E-state index in [2.05, 4.69) is 16.6 Å². The molecule has 0 heterocycles. The Kier molecular flexibility index (Phi) is 6.29. The predicted molar refractivity (Wildman–Crippen MR) is 76.5 cm³/mol. The zero-order chi connectivity index (χ0) is 15.2. The summed E-state index contributed by atoms with van der Waals surface area (Å²) in [5.74, 6) is 4.44. The first-order valence-electron chi connectivity index (χ1n) is 5.65. The van der Waals surface area contributed by atoms with Crippen molar-refractivity contribution in [2.45, 2.75) is 4.90 Å². The second kappa shape index (κ2) is 7.50. The molecule has 0 aliphatic carbocycles. The molecule has 8 heteroatoms. The number of hydrogen-bond donors (Lipinski definition) is 2. The standard InChI is InChI=1S/C12H15FN2O3S2/c1-19(16)8-7-15-20(17,18)12-5-4-10(3-2-6-14)9-11(12)13/h4-5,9,15H,6-8,14H2,1H3. The molecule has 1 atom stereocenters. The van der Waals surface area contributed by atoms with Crippen LogP contribution in [0.2, 0.25) is 0 Å². The van der Waals surface area contributed by atoms with E-state index in [1.807, 2.05) is 0 Å². The van der Waals surface area contributed by atoms with Gasteiger partial charge in [0.2, 0.25) is 10.0 Å². The smallest absolute Gasteiger partial charge is 0.243 e. The van der Waals surface area contributed by atoms with Crippen molar-refractivity contribution in [3.8, 4) is 11.8 Å². The van der Waals surface area contributed by atoms with Gasteiger partial charge in [-0.05, 0) is 18.2 Å². The first-order valence-corrected chi connectivity index (χ1v) is 8.86. The summed E-state index contributed by atoms with van der Waals surface area (Å²) in [6, 6.07) is 3.58. The van der Waals surface area contributed by atoms with Crippen LogP contribution in [0.25, 0.3) is 0 Å². The van der Waals surface area contributed by atoms with Gasteiger partial charge in [0.05, 0.1) is 6.54 Å². The third kappa shape index (κ3) is 5.02. The van der Waals surface area contributed by atoms with E-state index in [9.17, 15) is 17.0 Å². The van der Waals surface area contributed by atoms with Gasteiger partial charge >= 0.3 is 0 Å². The van der Waals surface area contributed by atoms with Gasteiger partial charge in [0.1, 0.15) is 10.7 Å². The zero-order valence-electron chi connectivity index (χ0n) is 10.8. The highest BCUT2D eigenvalue weighted by Gasteiger charge is 2.18. The fourth-order valence-corrected chi connectivity index (χ4v) is 2.95. The van der Waals surface area contributed by atoms with Crippen LogP contribution in [0.3, 0.4) is 0 Å². The van der Waals surface area contributed by atoms with Gasteiger partial charge in [0, 0.05) is 34.9 Å². The van der Waals surface area contributed by atoms with E-state index in [1.165, 1.54) is 12.3 Å². The number of sulfonamides is 1. The molecular formula is C12H15FN2O3S2. The van der Waals surface area contributed by atoms with E-state index >= 15 is 0 Å². The molecule has 20 heavy (non-hydrogen) atoms. The highest BCUT2D eigenvalue weighted by atomic mass is 32.2. The molecule has 1 unspecified atom stereocenters. The Morgan fingerprint density at radius 2 is 2.15 bits per heavy atom. The predicted octanol–water partition coefficient (Wildman–Crippen LogP) is -0.207. The molecule has 5 nitrogen and oxygen atoms in total. The molecule has 0 saturated carbocycles. The van der Waals surface area contributed by atoms with Crippen molar-refractivity contribution in [2.24, 2.45) is 5.73 Å². The maximum Gasteiger partial charge on any atom is 0.243 e. The molecule has 0 spiro atoms. The van der Waals surface area contributed by atoms with Crippen LogP contribution in [-0.4, -0.2) is 37.7 Å². The van der Waals surface area contributed by atoms with Crippen molar-refractivity contribution >= 4 is 20.8 Å². The maximum absolute atomic E-state index is 13.8. The third-order valence-electron chi connectivity index (χ3n) is 2.24. The van der Waals surface area contributed by atoms with Crippen molar-refractivity contribution < 1.29 is 17.0 Å². The Hall–Kier alpha value is -1.27. The number of nitrogens with two attached hydrogens (primary N) is 1. The molecule has 1 aromatic rings. The van der Waals surface area contributed by atoms with E-state index in [0.29, 0.717) is 5.56 Å². The average Bonchev–Trinajstić information content (AvgIpc) is 2.35. The Morgan fingerprint density at radius 3 is 2.70 bits per heavy atom. The minimum Gasteiger partial charge on any atom is -0.320 e. The van der Waals surface area contributed by atoms with E-state index < -0.39 is 31.5 Å². The molecule has 0 saturated heterocycles. The van der Waals surface area contributed by atoms with Crippen LogP contribution in [0.4, 0.5) is 4.39 Å². The quantitative estimate of drug-likeness (QED) is 0.735. The SMILES string of the molecule is CS(=O)CCNS(=O)(=O)c1ccc(C#CCN)cc1F. The first kappa shape index (κ1) is 16.8. The van der Waals surface area contributed by atoms with Crippen LogP contribution in [0, 0.1) is 17.7 Å². The van der Waals surface area contributed by atoms with Crippen LogP contribution in [0.15, 0.2) is 23.1 Å². The highest BCUT2D eigenvalue weighted by Crippen LogP contribution is 2.15. The van der Waals surface area contributed by atoms with Crippen LogP contribution in [0.5, 0.6) is 0 Å². The summed E-state index contributed by atoms with van der Waals surface area (Å²) in [5.41, 5.74) is 5.54. The lowest BCUT2D eigenvalue weighted by atomic mass is 10.2. The number of hydrogen-bond acceptors (Lipinski definition) is 4. The molecule has 0 fully saturated rings. The summed E-state index contributed by atoms with van der Waals surface area (Å²) in [6.45, 7) is 0.122. The van der Waals surface area contributed by atoms with Crippen LogP contribution < -0.4 is 10.5 Å². The molecule has 1 rings (SSSR count). The summed E-state index contributed by atoms with van der Waals surface area (Å²) in [6.07, 6.45) is 1.46.